The molecular weight excluding hydrogens is 234 g/mol. The van der Waals surface area contributed by atoms with E-state index in [1.54, 1.807) is 0 Å². The molecule has 2 N–H and O–H groups in total. The number of nitrogens with two attached hydrogens (primary N) is 1. The molecule has 0 aliphatic heterocycles. The Morgan fingerprint density at radius 3 is 2.00 bits per heavy atom. The van der Waals surface area contributed by atoms with Crippen LogP contribution in [0.2, 0.25) is 0 Å². The second kappa shape index (κ2) is 7.08. The van der Waals surface area contributed by atoms with Crippen LogP contribution in [0.1, 0.15) is 65.2 Å². The fourth-order valence-electron chi connectivity index (χ4n) is 4.72. The summed E-state index contributed by atoms with van der Waals surface area (Å²) in [6.07, 6.45) is 11.1. The first-order valence-corrected chi connectivity index (χ1v) is 8.40. The van der Waals surface area contributed by atoms with Gasteiger partial charge in [-0.3, -0.25) is 0 Å². The quantitative estimate of drug-likeness (QED) is 0.836. The van der Waals surface area contributed by atoms with E-state index in [1.807, 2.05) is 7.11 Å². The van der Waals surface area contributed by atoms with Crippen molar-refractivity contribution < 1.29 is 4.74 Å². The SMILES string of the molecule is COC(C1CCCCC1)C(N)C1CC(C)CC(C)C1. The average Bonchev–Trinajstić information content (AvgIpc) is 2.39. The predicted octanol–water partition coefficient (Wildman–Crippen LogP) is 3.98. The number of rotatable bonds is 4. The number of hydrogen-bond acceptors (Lipinski definition) is 2. The molecular formula is C17H33NO. The maximum absolute atomic E-state index is 6.63. The third kappa shape index (κ3) is 3.95. The van der Waals surface area contributed by atoms with Gasteiger partial charge < -0.3 is 10.5 Å². The second-order valence-corrected chi connectivity index (χ2v) is 7.35. The topological polar surface area (TPSA) is 35.2 Å². The van der Waals surface area contributed by atoms with Crippen molar-refractivity contribution in [2.45, 2.75) is 77.4 Å². The molecule has 0 aromatic carbocycles. The molecule has 2 rings (SSSR count). The second-order valence-electron chi connectivity index (χ2n) is 7.35. The van der Waals surface area contributed by atoms with Crippen LogP contribution in [0.5, 0.6) is 0 Å². The normalized spacial score (nSPS) is 36.9. The van der Waals surface area contributed by atoms with Gasteiger partial charge in [-0.2, -0.15) is 0 Å². The van der Waals surface area contributed by atoms with Gasteiger partial charge >= 0.3 is 0 Å². The first-order valence-electron chi connectivity index (χ1n) is 8.40. The number of methoxy groups -OCH3 is 1. The van der Waals surface area contributed by atoms with E-state index in [-0.39, 0.29) is 6.04 Å². The van der Waals surface area contributed by atoms with Gasteiger partial charge in [0.25, 0.3) is 0 Å². The zero-order chi connectivity index (χ0) is 13.8. The van der Waals surface area contributed by atoms with Gasteiger partial charge in [0.15, 0.2) is 0 Å². The van der Waals surface area contributed by atoms with Crippen LogP contribution in [0, 0.1) is 23.7 Å². The van der Waals surface area contributed by atoms with Crippen molar-refractivity contribution in [2.75, 3.05) is 7.11 Å². The van der Waals surface area contributed by atoms with Crippen molar-refractivity contribution in [2.24, 2.45) is 29.4 Å². The highest BCUT2D eigenvalue weighted by molar-refractivity contribution is 4.90. The Morgan fingerprint density at radius 1 is 0.895 bits per heavy atom. The summed E-state index contributed by atoms with van der Waals surface area (Å²) in [5.74, 6) is 3.05. The van der Waals surface area contributed by atoms with Gasteiger partial charge in [0.1, 0.15) is 0 Å². The Balaban J connectivity index is 1.96. The summed E-state index contributed by atoms with van der Waals surface area (Å²) in [5.41, 5.74) is 6.63. The van der Waals surface area contributed by atoms with Crippen molar-refractivity contribution in [3.8, 4) is 0 Å². The van der Waals surface area contributed by atoms with E-state index in [0.29, 0.717) is 17.9 Å². The highest BCUT2D eigenvalue weighted by Gasteiger charge is 2.36. The molecule has 2 saturated carbocycles. The maximum atomic E-state index is 6.63. The van der Waals surface area contributed by atoms with Crippen LogP contribution in [0.25, 0.3) is 0 Å². The van der Waals surface area contributed by atoms with Crippen LogP contribution >= 0.6 is 0 Å². The molecule has 4 unspecified atom stereocenters. The lowest BCUT2D eigenvalue weighted by Gasteiger charge is -2.41. The molecule has 0 amide bonds. The van der Waals surface area contributed by atoms with Gasteiger partial charge in [-0.15, -0.1) is 0 Å². The molecule has 2 heteroatoms. The number of ether oxygens (including phenoxy) is 1. The first-order chi connectivity index (χ1) is 9.11. The maximum Gasteiger partial charge on any atom is 0.0752 e. The highest BCUT2D eigenvalue weighted by Crippen LogP contribution is 2.38. The van der Waals surface area contributed by atoms with Crippen molar-refractivity contribution in [1.82, 2.24) is 0 Å². The summed E-state index contributed by atoms with van der Waals surface area (Å²) >= 11 is 0. The molecule has 19 heavy (non-hydrogen) atoms. The minimum absolute atomic E-state index is 0.248. The zero-order valence-corrected chi connectivity index (χ0v) is 13.1. The molecule has 0 heterocycles. The molecule has 112 valence electrons. The highest BCUT2D eigenvalue weighted by atomic mass is 16.5. The Bertz CT molecular complexity index is 252. The van der Waals surface area contributed by atoms with Crippen LogP contribution < -0.4 is 5.73 Å². The molecule has 2 aliphatic rings. The molecule has 2 aliphatic carbocycles. The summed E-state index contributed by atoms with van der Waals surface area (Å²) < 4.78 is 5.85. The molecule has 2 nitrogen and oxygen atoms in total. The third-order valence-electron chi connectivity index (χ3n) is 5.53. The predicted molar refractivity (Wildman–Crippen MR) is 81.0 cm³/mol. The van der Waals surface area contributed by atoms with Gasteiger partial charge in [-0.05, 0) is 55.8 Å². The Morgan fingerprint density at radius 2 is 1.47 bits per heavy atom. The molecule has 0 bridgehead atoms. The van der Waals surface area contributed by atoms with Crippen molar-refractivity contribution in [1.29, 1.82) is 0 Å². The molecule has 0 spiro atoms. The Kier molecular flexibility index (Phi) is 5.70. The molecule has 0 aromatic rings. The first kappa shape index (κ1) is 15.3. The lowest BCUT2D eigenvalue weighted by atomic mass is 9.70. The molecule has 0 radical (unpaired) electrons. The summed E-state index contributed by atoms with van der Waals surface area (Å²) in [5, 5.41) is 0. The van der Waals surface area contributed by atoms with E-state index < -0.39 is 0 Å². The largest absolute Gasteiger partial charge is 0.380 e. The minimum Gasteiger partial charge on any atom is -0.380 e. The van der Waals surface area contributed by atoms with E-state index in [4.69, 9.17) is 10.5 Å². The fraction of sp³-hybridized carbons (Fsp3) is 1.00. The van der Waals surface area contributed by atoms with Gasteiger partial charge in [-0.1, -0.05) is 33.1 Å². The van der Waals surface area contributed by atoms with E-state index in [2.05, 4.69) is 13.8 Å². The minimum atomic E-state index is 0.248. The molecule has 0 aromatic heterocycles. The summed E-state index contributed by atoms with van der Waals surface area (Å²) in [6.45, 7) is 4.77. The van der Waals surface area contributed by atoms with E-state index in [0.717, 1.165) is 11.8 Å². The number of hydrogen-bond donors (Lipinski definition) is 1. The van der Waals surface area contributed by atoms with E-state index >= 15 is 0 Å². The van der Waals surface area contributed by atoms with E-state index in [1.165, 1.54) is 51.4 Å². The Labute approximate surface area is 119 Å². The smallest absolute Gasteiger partial charge is 0.0752 e. The van der Waals surface area contributed by atoms with Crippen molar-refractivity contribution >= 4 is 0 Å². The van der Waals surface area contributed by atoms with Crippen molar-refractivity contribution in [3.63, 3.8) is 0 Å². The summed E-state index contributed by atoms with van der Waals surface area (Å²) in [7, 11) is 1.87. The Hall–Kier alpha value is -0.0800. The van der Waals surface area contributed by atoms with Crippen LogP contribution in [-0.2, 0) is 4.74 Å². The van der Waals surface area contributed by atoms with Gasteiger partial charge in [0, 0.05) is 13.2 Å². The lowest BCUT2D eigenvalue weighted by molar-refractivity contribution is -0.00758. The summed E-state index contributed by atoms with van der Waals surface area (Å²) in [4.78, 5) is 0. The van der Waals surface area contributed by atoms with Crippen LogP contribution in [0.4, 0.5) is 0 Å². The van der Waals surface area contributed by atoms with Crippen molar-refractivity contribution in [3.05, 3.63) is 0 Å². The van der Waals surface area contributed by atoms with Gasteiger partial charge in [-0.25, -0.2) is 0 Å². The van der Waals surface area contributed by atoms with Crippen LogP contribution in [-0.4, -0.2) is 19.3 Å². The van der Waals surface area contributed by atoms with E-state index in [9.17, 15) is 0 Å². The third-order valence-corrected chi connectivity index (χ3v) is 5.53. The fourth-order valence-corrected chi connectivity index (χ4v) is 4.72. The van der Waals surface area contributed by atoms with Gasteiger partial charge in [0.2, 0.25) is 0 Å². The van der Waals surface area contributed by atoms with Crippen LogP contribution in [0.15, 0.2) is 0 Å². The average molecular weight is 267 g/mol. The zero-order valence-electron chi connectivity index (χ0n) is 13.1. The van der Waals surface area contributed by atoms with Crippen LogP contribution in [0.3, 0.4) is 0 Å². The molecule has 4 atom stereocenters. The summed E-state index contributed by atoms with van der Waals surface area (Å²) in [6, 6.07) is 0.248. The molecule has 2 fully saturated rings. The lowest BCUT2D eigenvalue weighted by Crippen LogP contribution is -2.48. The molecule has 0 saturated heterocycles. The standard InChI is InChI=1S/C17H33NO/c1-12-9-13(2)11-15(10-12)16(18)17(19-3)14-7-5-4-6-8-14/h12-17H,4-11,18H2,1-3H3. The monoisotopic (exact) mass is 267 g/mol. The van der Waals surface area contributed by atoms with Gasteiger partial charge in [0.05, 0.1) is 6.10 Å².